The molecule has 3 unspecified atom stereocenters. The minimum absolute atomic E-state index is 0.0427. The Morgan fingerprint density at radius 1 is 0.968 bits per heavy atom. The Bertz CT molecular complexity index is 866. The molecule has 0 bridgehead atoms. The van der Waals surface area contributed by atoms with Gasteiger partial charge < -0.3 is 4.74 Å². The Kier molecular flexibility index (Phi) is 10.2. The lowest BCUT2D eigenvalue weighted by molar-refractivity contribution is -0.342. The number of ether oxygens (including phenoxy) is 1. The van der Waals surface area contributed by atoms with Crippen LogP contribution in [0, 0.1) is 13.8 Å². The molecule has 0 radical (unpaired) electrons. The first-order chi connectivity index (χ1) is 14.6. The molecule has 0 fully saturated rings. The molecule has 0 aliphatic heterocycles. The molecule has 0 saturated carbocycles. The molecule has 2 aromatic rings. The molecule has 31 heavy (non-hydrogen) atoms. The summed E-state index contributed by atoms with van der Waals surface area (Å²) >= 11 is 0. The van der Waals surface area contributed by atoms with Crippen molar-refractivity contribution in [1.82, 2.24) is 0 Å². The topological polar surface area (TPSA) is 78.9 Å². The van der Waals surface area contributed by atoms with Crippen molar-refractivity contribution in [3.63, 3.8) is 0 Å². The molecule has 0 spiro atoms. The molecule has 7 heteroatoms. The maximum absolute atomic E-state index is 13.5. The lowest BCUT2D eigenvalue weighted by Gasteiger charge is -2.23. The molecule has 0 N–H and O–H groups in total. The first-order valence-corrected chi connectivity index (χ1v) is 10.4. The second kappa shape index (κ2) is 11.8. The van der Waals surface area contributed by atoms with Crippen molar-refractivity contribution in [2.24, 2.45) is 0 Å². The van der Waals surface area contributed by atoms with Crippen LogP contribution in [0.4, 0.5) is 0 Å². The van der Waals surface area contributed by atoms with Gasteiger partial charge in [0.2, 0.25) is 0 Å². The predicted octanol–water partition coefficient (Wildman–Crippen LogP) is 5.24. The van der Waals surface area contributed by atoms with Crippen LogP contribution in [0.5, 0.6) is 0 Å². The fourth-order valence-corrected chi connectivity index (χ4v) is 3.17. The summed E-state index contributed by atoms with van der Waals surface area (Å²) in [4.78, 5) is 36.2. The van der Waals surface area contributed by atoms with E-state index in [1.165, 1.54) is 16.2 Å². The lowest BCUT2D eigenvalue weighted by Crippen LogP contribution is -2.27. The van der Waals surface area contributed by atoms with Crippen molar-refractivity contribution in [3.8, 4) is 0 Å². The van der Waals surface area contributed by atoms with E-state index < -0.39 is 18.2 Å². The van der Waals surface area contributed by atoms with Crippen molar-refractivity contribution in [1.29, 1.82) is 0 Å². The lowest BCUT2D eigenvalue weighted by atomic mass is 9.81. The van der Waals surface area contributed by atoms with Gasteiger partial charge in [-0.1, -0.05) is 67.8 Å². The highest BCUT2D eigenvalue weighted by atomic mass is 31.0. The summed E-state index contributed by atoms with van der Waals surface area (Å²) in [6, 6.07) is 12.9. The van der Waals surface area contributed by atoms with Gasteiger partial charge >= 0.3 is 15.1 Å². The molecule has 0 aliphatic rings. The maximum Gasteiger partial charge on any atom is 0.357 e. The summed E-state index contributed by atoms with van der Waals surface area (Å²) in [5.74, 6) is -2.22. The molecule has 6 nitrogen and oxygen atoms in total. The van der Waals surface area contributed by atoms with Crippen molar-refractivity contribution in [3.05, 3.63) is 70.3 Å². The summed E-state index contributed by atoms with van der Waals surface area (Å²) < 4.78 is 13.1. The maximum atomic E-state index is 13.5. The highest BCUT2D eigenvalue weighted by molar-refractivity contribution is 7.00. The predicted molar refractivity (Wildman–Crippen MR) is 122 cm³/mol. The SMILES string of the molecule is COC(C)OOC(=O)C(C(=O)c1c(C)cc(C(C)(C)C)cc1C)c1ccccc1.O=[PH2+]. The van der Waals surface area contributed by atoms with E-state index in [0.29, 0.717) is 11.1 Å². The molecule has 0 amide bonds. The Morgan fingerprint density at radius 2 is 1.48 bits per heavy atom. The number of rotatable bonds is 7. The van der Waals surface area contributed by atoms with E-state index >= 15 is 0 Å². The number of benzene rings is 2. The molecule has 2 rings (SSSR count). The summed E-state index contributed by atoms with van der Waals surface area (Å²) in [7, 11) is 2.60. The van der Waals surface area contributed by atoms with Crippen LogP contribution in [0.25, 0.3) is 0 Å². The number of ketones is 1. The van der Waals surface area contributed by atoms with E-state index in [9.17, 15) is 9.59 Å². The van der Waals surface area contributed by atoms with Gasteiger partial charge in [0.1, 0.15) is 5.92 Å². The Labute approximate surface area is 186 Å². The minimum atomic E-state index is -1.13. The number of hydrogen-bond donors (Lipinski definition) is 0. The van der Waals surface area contributed by atoms with Crippen LogP contribution in [-0.2, 0) is 29.3 Å². The molecular formula is C24H32O6P+. The van der Waals surface area contributed by atoms with Gasteiger partial charge in [-0.2, -0.15) is 4.89 Å². The number of Topliss-reactive ketones (excluding diaryl/α,β-unsaturated/α-hetero) is 1. The molecule has 0 aromatic heterocycles. The molecule has 0 heterocycles. The van der Waals surface area contributed by atoms with Crippen LogP contribution < -0.4 is 0 Å². The molecule has 2 aromatic carbocycles. The summed E-state index contributed by atoms with van der Waals surface area (Å²) in [5.41, 5.74) is 3.84. The quantitative estimate of drug-likeness (QED) is 0.144. The van der Waals surface area contributed by atoms with Gasteiger partial charge in [-0.3, -0.25) is 9.68 Å². The fourth-order valence-electron chi connectivity index (χ4n) is 3.17. The van der Waals surface area contributed by atoms with Gasteiger partial charge in [-0.05, 0) is 48.4 Å². The number of aryl methyl sites for hydroxylation is 2. The van der Waals surface area contributed by atoms with Crippen LogP contribution in [0.1, 0.15) is 66.2 Å². The van der Waals surface area contributed by atoms with Crippen molar-refractivity contribution < 1.29 is 28.7 Å². The van der Waals surface area contributed by atoms with Crippen LogP contribution in [-0.4, -0.2) is 25.2 Å². The highest BCUT2D eigenvalue weighted by Gasteiger charge is 2.34. The second-order valence-electron chi connectivity index (χ2n) is 8.24. The average molecular weight is 447 g/mol. The van der Waals surface area contributed by atoms with Gasteiger partial charge in [-0.25, -0.2) is 4.79 Å². The monoisotopic (exact) mass is 447 g/mol. The second-order valence-corrected chi connectivity index (χ2v) is 8.24. The average Bonchev–Trinajstić information content (AvgIpc) is 2.73. The zero-order chi connectivity index (χ0) is 23.8. The van der Waals surface area contributed by atoms with Gasteiger partial charge in [0, 0.05) is 12.7 Å². The van der Waals surface area contributed by atoms with Crippen LogP contribution in [0.2, 0.25) is 0 Å². The molecular weight excluding hydrogens is 415 g/mol. The first-order valence-electron chi connectivity index (χ1n) is 9.90. The summed E-state index contributed by atoms with van der Waals surface area (Å²) in [6.45, 7) is 11.8. The smallest absolute Gasteiger partial charge is 0.352 e. The minimum Gasteiger partial charge on any atom is -0.352 e. The van der Waals surface area contributed by atoms with Gasteiger partial charge in [0.05, 0.1) is 0 Å². The van der Waals surface area contributed by atoms with Crippen molar-refractivity contribution in [2.45, 2.75) is 59.2 Å². The Hall–Kier alpha value is -2.40. The molecule has 0 aliphatic carbocycles. The number of carbonyl (C=O) groups is 2. The van der Waals surface area contributed by atoms with Gasteiger partial charge in [0.25, 0.3) is 0 Å². The molecule has 0 saturated heterocycles. The third-order valence-electron chi connectivity index (χ3n) is 4.87. The highest BCUT2D eigenvalue weighted by Crippen LogP contribution is 2.31. The number of hydrogen-bond acceptors (Lipinski definition) is 6. The summed E-state index contributed by atoms with van der Waals surface area (Å²) in [6.07, 6.45) is -0.736. The van der Waals surface area contributed by atoms with Crippen molar-refractivity contribution in [2.75, 3.05) is 7.11 Å². The zero-order valence-corrected chi connectivity index (χ0v) is 20.4. The fraction of sp³-hybridized carbons (Fsp3) is 0.417. The third-order valence-corrected chi connectivity index (χ3v) is 4.87. The standard InChI is InChI=1S/C24H30O5.H2OP/c1-15-13-19(24(4,5)6)14-16(2)20(15)22(25)21(18-11-9-8-10-12-18)23(26)29-28-17(3)27-7;1-2/h8-14,17,21H,1-7H3;2H2/q;+1. The number of methoxy groups -OCH3 is 1. The van der Waals surface area contributed by atoms with E-state index in [-0.39, 0.29) is 11.2 Å². The van der Waals surface area contributed by atoms with Gasteiger partial charge in [-0.15, -0.1) is 0 Å². The van der Waals surface area contributed by atoms with Crippen LogP contribution >= 0.6 is 9.12 Å². The zero-order valence-electron chi connectivity index (χ0n) is 19.2. The normalized spacial score (nSPS) is 12.9. The third kappa shape index (κ3) is 7.06. The number of carbonyl (C=O) groups excluding carboxylic acids is 2. The van der Waals surface area contributed by atoms with Gasteiger partial charge in [0.15, 0.2) is 12.1 Å². The van der Waals surface area contributed by atoms with E-state index in [1.54, 1.807) is 31.2 Å². The molecule has 3 atom stereocenters. The largest absolute Gasteiger partial charge is 0.357 e. The Balaban J connectivity index is 0.00000233. The first kappa shape index (κ1) is 26.6. The van der Waals surface area contributed by atoms with Crippen LogP contribution in [0.15, 0.2) is 42.5 Å². The van der Waals surface area contributed by atoms with E-state index in [1.807, 2.05) is 32.0 Å². The Morgan fingerprint density at radius 3 is 1.94 bits per heavy atom. The van der Waals surface area contributed by atoms with E-state index in [4.69, 9.17) is 19.1 Å². The summed E-state index contributed by atoms with van der Waals surface area (Å²) in [5, 5.41) is 0. The van der Waals surface area contributed by atoms with E-state index in [2.05, 4.69) is 20.8 Å². The van der Waals surface area contributed by atoms with Crippen molar-refractivity contribution >= 4 is 20.9 Å². The van der Waals surface area contributed by atoms with E-state index in [0.717, 1.165) is 16.7 Å². The van der Waals surface area contributed by atoms with Crippen LogP contribution in [0.3, 0.4) is 0 Å². The molecule has 168 valence electrons.